The van der Waals surface area contributed by atoms with Crippen LogP contribution in [0.5, 0.6) is 0 Å². The van der Waals surface area contributed by atoms with E-state index < -0.39 is 5.41 Å². The molecule has 0 amide bonds. The Labute approximate surface area is 278 Å². The third-order valence-corrected chi connectivity index (χ3v) is 11.6. The molecule has 3 aliphatic rings. The second kappa shape index (κ2) is 8.59. The first kappa shape index (κ1) is 25.0. The van der Waals surface area contributed by atoms with Gasteiger partial charge in [0.25, 0.3) is 0 Å². The predicted molar refractivity (Wildman–Crippen MR) is 199 cm³/mol. The number of benzene rings is 8. The second-order valence-corrected chi connectivity index (χ2v) is 13.6. The van der Waals surface area contributed by atoms with Crippen LogP contribution >= 0.6 is 0 Å². The van der Waals surface area contributed by atoms with Gasteiger partial charge in [0, 0.05) is 10.8 Å². The molecule has 1 aromatic heterocycles. The molecule has 0 bridgehead atoms. The fourth-order valence-electron chi connectivity index (χ4n) is 9.79. The minimum Gasteiger partial charge on any atom is -0.309 e. The molecule has 0 fully saturated rings. The van der Waals surface area contributed by atoms with Gasteiger partial charge in [-0.15, -0.1) is 0 Å². The highest BCUT2D eigenvalue weighted by atomic mass is 15.0. The standard InChI is InChI=1S/C47H27N/c1-2-12-31-30(11-1)36-17-9-16-35-29(24-25-37(31)45(35)36)28-23-26-41-44(27-28)48-43-22-8-5-15-34(43)38-18-10-21-42(46(38)48)47(41)39-19-6-3-13-32(39)33-14-4-7-20-40(33)47/h1-27H. The summed E-state index contributed by atoms with van der Waals surface area (Å²) >= 11 is 0. The number of hydrogen-bond donors (Lipinski definition) is 0. The van der Waals surface area contributed by atoms with E-state index in [-0.39, 0.29) is 0 Å². The van der Waals surface area contributed by atoms with Gasteiger partial charge < -0.3 is 4.57 Å². The molecule has 220 valence electrons. The Bertz CT molecular complexity index is 2830. The highest BCUT2D eigenvalue weighted by molar-refractivity contribution is 6.19. The largest absolute Gasteiger partial charge is 0.309 e. The maximum absolute atomic E-state index is 2.56. The molecule has 0 N–H and O–H groups in total. The van der Waals surface area contributed by atoms with E-state index in [1.807, 2.05) is 0 Å². The van der Waals surface area contributed by atoms with Crippen LogP contribution < -0.4 is 0 Å². The monoisotopic (exact) mass is 605 g/mol. The maximum atomic E-state index is 2.56. The third-order valence-electron chi connectivity index (χ3n) is 11.6. The van der Waals surface area contributed by atoms with Crippen molar-refractivity contribution in [3.8, 4) is 50.2 Å². The first-order valence-electron chi connectivity index (χ1n) is 16.9. The lowest BCUT2D eigenvalue weighted by atomic mass is 9.65. The molecular weight excluding hydrogens is 579 g/mol. The number of aromatic nitrogens is 1. The van der Waals surface area contributed by atoms with Crippen molar-refractivity contribution in [2.45, 2.75) is 5.41 Å². The van der Waals surface area contributed by atoms with Gasteiger partial charge in [-0.25, -0.2) is 0 Å². The van der Waals surface area contributed by atoms with E-state index in [0.717, 1.165) is 0 Å². The van der Waals surface area contributed by atoms with Gasteiger partial charge in [-0.2, -0.15) is 0 Å². The molecule has 0 saturated carbocycles. The van der Waals surface area contributed by atoms with Crippen molar-refractivity contribution in [1.82, 2.24) is 4.57 Å². The molecule has 0 atom stereocenters. The Morgan fingerprint density at radius 1 is 0.354 bits per heavy atom. The minimum atomic E-state index is -0.422. The van der Waals surface area contributed by atoms with Gasteiger partial charge in [-0.1, -0.05) is 152 Å². The van der Waals surface area contributed by atoms with Crippen LogP contribution in [0.3, 0.4) is 0 Å². The lowest BCUT2D eigenvalue weighted by Crippen LogP contribution is -2.33. The van der Waals surface area contributed by atoms with E-state index in [0.29, 0.717) is 0 Å². The quantitative estimate of drug-likeness (QED) is 0.175. The van der Waals surface area contributed by atoms with Gasteiger partial charge in [-0.3, -0.25) is 0 Å². The number of fused-ring (bicyclic) bond motifs is 15. The zero-order valence-corrected chi connectivity index (χ0v) is 26.0. The molecule has 1 nitrogen and oxygen atoms in total. The lowest BCUT2D eigenvalue weighted by Gasteiger charge is -2.39. The van der Waals surface area contributed by atoms with Crippen molar-refractivity contribution in [1.29, 1.82) is 0 Å². The number of para-hydroxylation sites is 2. The summed E-state index contributed by atoms with van der Waals surface area (Å²) in [7, 11) is 0. The van der Waals surface area contributed by atoms with Crippen LogP contribution in [0.4, 0.5) is 0 Å². The fourth-order valence-corrected chi connectivity index (χ4v) is 9.79. The highest BCUT2D eigenvalue weighted by Crippen LogP contribution is 2.61. The SMILES string of the molecule is c1ccc2c(c1)-c1cccc3c(-c4ccc5c(c4)-n4c6ccccc6c6cccc(c64)C54c5ccccc5-c5ccccc54)ccc-2c13. The van der Waals surface area contributed by atoms with Crippen molar-refractivity contribution >= 4 is 32.6 Å². The van der Waals surface area contributed by atoms with Crippen LogP contribution in [-0.4, -0.2) is 4.57 Å². The summed E-state index contributed by atoms with van der Waals surface area (Å²) < 4.78 is 2.56. The van der Waals surface area contributed by atoms with Gasteiger partial charge in [-0.05, 0) is 89.7 Å². The molecule has 9 aromatic rings. The second-order valence-electron chi connectivity index (χ2n) is 13.6. The first-order chi connectivity index (χ1) is 23.8. The zero-order chi connectivity index (χ0) is 31.1. The number of rotatable bonds is 1. The molecule has 12 rings (SSSR count). The summed E-state index contributed by atoms with van der Waals surface area (Å²) in [6.45, 7) is 0. The van der Waals surface area contributed by atoms with Crippen molar-refractivity contribution in [2.24, 2.45) is 0 Å². The van der Waals surface area contributed by atoms with E-state index in [4.69, 9.17) is 0 Å². The molecule has 8 aromatic carbocycles. The summed E-state index contributed by atoms with van der Waals surface area (Å²) in [5.41, 5.74) is 19.4. The van der Waals surface area contributed by atoms with Gasteiger partial charge in [0.05, 0.1) is 22.1 Å². The predicted octanol–water partition coefficient (Wildman–Crippen LogP) is 11.9. The highest BCUT2D eigenvalue weighted by Gasteiger charge is 2.50. The average molecular weight is 606 g/mol. The summed E-state index contributed by atoms with van der Waals surface area (Å²) in [5, 5.41) is 5.28. The molecule has 0 saturated heterocycles. The molecule has 2 aliphatic carbocycles. The van der Waals surface area contributed by atoms with E-state index in [2.05, 4.69) is 168 Å². The molecule has 0 unspecified atom stereocenters. The molecule has 2 heterocycles. The lowest BCUT2D eigenvalue weighted by molar-refractivity contribution is 0.749. The Hall–Kier alpha value is -6.18. The molecule has 48 heavy (non-hydrogen) atoms. The van der Waals surface area contributed by atoms with Crippen LogP contribution in [0.15, 0.2) is 164 Å². The van der Waals surface area contributed by atoms with Crippen LogP contribution in [0.1, 0.15) is 22.3 Å². The Kier molecular flexibility index (Phi) is 4.47. The maximum Gasteiger partial charge on any atom is 0.0754 e. The molecule has 1 aliphatic heterocycles. The summed E-state index contributed by atoms with van der Waals surface area (Å²) in [6, 6.07) is 61.7. The normalized spacial score (nSPS) is 14.0. The van der Waals surface area contributed by atoms with Crippen molar-refractivity contribution in [3.63, 3.8) is 0 Å². The van der Waals surface area contributed by atoms with Crippen LogP contribution in [-0.2, 0) is 5.41 Å². The van der Waals surface area contributed by atoms with E-state index in [1.54, 1.807) is 0 Å². The summed E-state index contributed by atoms with van der Waals surface area (Å²) in [5.74, 6) is 0. The van der Waals surface area contributed by atoms with E-state index in [1.165, 1.54) is 105 Å². The van der Waals surface area contributed by atoms with Crippen molar-refractivity contribution in [3.05, 3.63) is 186 Å². The topological polar surface area (TPSA) is 4.93 Å². The van der Waals surface area contributed by atoms with Gasteiger partial charge >= 0.3 is 0 Å². The van der Waals surface area contributed by atoms with Gasteiger partial charge in [0.15, 0.2) is 0 Å². The Balaban J connectivity index is 1.23. The molecule has 0 radical (unpaired) electrons. The third kappa shape index (κ3) is 2.75. The van der Waals surface area contributed by atoms with Gasteiger partial charge in [0.2, 0.25) is 0 Å². The summed E-state index contributed by atoms with van der Waals surface area (Å²) in [6.07, 6.45) is 0. The van der Waals surface area contributed by atoms with Crippen molar-refractivity contribution < 1.29 is 0 Å². The van der Waals surface area contributed by atoms with E-state index in [9.17, 15) is 0 Å². The van der Waals surface area contributed by atoms with E-state index >= 15 is 0 Å². The van der Waals surface area contributed by atoms with Crippen molar-refractivity contribution in [2.75, 3.05) is 0 Å². The van der Waals surface area contributed by atoms with Crippen LogP contribution in [0, 0.1) is 0 Å². The zero-order valence-electron chi connectivity index (χ0n) is 26.0. The fraction of sp³-hybridized carbons (Fsp3) is 0.0213. The number of hydrogen-bond acceptors (Lipinski definition) is 0. The average Bonchev–Trinajstić information content (AvgIpc) is 3.77. The Morgan fingerprint density at radius 3 is 1.71 bits per heavy atom. The minimum absolute atomic E-state index is 0.422. The van der Waals surface area contributed by atoms with Crippen LogP contribution in [0.2, 0.25) is 0 Å². The molecule has 1 spiro atoms. The molecule has 1 heteroatoms. The smallest absolute Gasteiger partial charge is 0.0754 e. The number of nitrogens with zero attached hydrogens (tertiary/aromatic N) is 1. The molecular formula is C47H27N. The van der Waals surface area contributed by atoms with Crippen LogP contribution in [0.25, 0.3) is 82.8 Å². The Morgan fingerprint density at radius 2 is 0.917 bits per heavy atom. The van der Waals surface area contributed by atoms with Gasteiger partial charge in [0.1, 0.15) is 0 Å². The summed E-state index contributed by atoms with van der Waals surface area (Å²) in [4.78, 5) is 0. The first-order valence-corrected chi connectivity index (χ1v) is 16.9.